The Morgan fingerprint density at radius 2 is 2.18 bits per heavy atom. The molecule has 4 aliphatic carbocycles. The smallest absolute Gasteiger partial charge is 0.333 e. The van der Waals surface area contributed by atoms with E-state index in [9.17, 15) is 9.59 Å². The summed E-state index contributed by atoms with van der Waals surface area (Å²) in [7, 11) is 0. The van der Waals surface area contributed by atoms with Crippen molar-refractivity contribution < 1.29 is 19.1 Å². The van der Waals surface area contributed by atoms with E-state index in [0.717, 1.165) is 6.42 Å². The highest BCUT2D eigenvalue weighted by molar-refractivity contribution is 5.87. The lowest BCUT2D eigenvalue weighted by Gasteiger charge is -2.33. The third-order valence-electron chi connectivity index (χ3n) is 4.95. The maximum Gasteiger partial charge on any atom is 0.333 e. The van der Waals surface area contributed by atoms with Crippen LogP contribution < -0.4 is 0 Å². The summed E-state index contributed by atoms with van der Waals surface area (Å²) in [5.41, 5.74) is 0.405. The van der Waals surface area contributed by atoms with Crippen molar-refractivity contribution >= 4 is 11.9 Å². The Hall–Kier alpha value is -1.32. The second-order valence-corrected chi connectivity index (χ2v) is 5.80. The summed E-state index contributed by atoms with van der Waals surface area (Å²) in [6, 6.07) is 0. The monoisotopic (exact) mass is 234 g/mol. The van der Waals surface area contributed by atoms with E-state index >= 15 is 0 Å². The highest BCUT2D eigenvalue weighted by Gasteiger charge is 2.78. The summed E-state index contributed by atoms with van der Waals surface area (Å²) >= 11 is 0. The van der Waals surface area contributed by atoms with Crippen molar-refractivity contribution in [1.29, 1.82) is 0 Å². The van der Waals surface area contributed by atoms with Gasteiger partial charge < -0.3 is 9.47 Å². The van der Waals surface area contributed by atoms with Crippen LogP contribution in [0.15, 0.2) is 12.2 Å². The summed E-state index contributed by atoms with van der Waals surface area (Å²) in [4.78, 5) is 23.3. The van der Waals surface area contributed by atoms with Gasteiger partial charge in [-0.2, -0.15) is 0 Å². The first-order valence-corrected chi connectivity index (χ1v) is 6.16. The molecule has 0 amide bonds. The fourth-order valence-electron chi connectivity index (χ4n) is 4.33. The molecule has 0 radical (unpaired) electrons. The Balaban J connectivity index is 1.62. The number of rotatable bonds is 2. The van der Waals surface area contributed by atoms with Crippen molar-refractivity contribution in [3.63, 3.8) is 0 Å². The van der Waals surface area contributed by atoms with Gasteiger partial charge in [-0.15, -0.1) is 0 Å². The number of esters is 2. The van der Waals surface area contributed by atoms with Gasteiger partial charge in [0.1, 0.15) is 12.2 Å². The molecule has 0 aromatic carbocycles. The molecule has 7 unspecified atom stereocenters. The number of ether oxygens (including phenoxy) is 2. The first-order chi connectivity index (χ1) is 8.09. The lowest BCUT2D eigenvalue weighted by atomic mass is 9.76. The average molecular weight is 234 g/mol. The summed E-state index contributed by atoms with van der Waals surface area (Å²) in [5.74, 6) is 1.36. The molecule has 1 heterocycles. The van der Waals surface area contributed by atoms with Crippen molar-refractivity contribution in [2.45, 2.75) is 25.6 Å². The molecule has 4 saturated carbocycles. The minimum absolute atomic E-state index is 0.0659. The SMILES string of the molecule is C=C(C)C(=O)OC1C2OC(=O)C3C2CC2C1C23. The van der Waals surface area contributed by atoms with Crippen LogP contribution in [-0.2, 0) is 19.1 Å². The van der Waals surface area contributed by atoms with E-state index in [-0.39, 0.29) is 30.1 Å². The average Bonchev–Trinajstić information content (AvgIpc) is 2.75. The van der Waals surface area contributed by atoms with Gasteiger partial charge >= 0.3 is 11.9 Å². The fraction of sp³-hybridized carbons (Fsp3) is 0.692. The maximum absolute atomic E-state index is 11.7. The Morgan fingerprint density at radius 1 is 1.41 bits per heavy atom. The zero-order valence-corrected chi connectivity index (χ0v) is 9.59. The quantitative estimate of drug-likeness (QED) is 0.526. The Bertz CT molecular complexity index is 454. The highest BCUT2D eigenvalue weighted by atomic mass is 16.6. The lowest BCUT2D eigenvalue weighted by molar-refractivity contribution is -0.163. The first-order valence-electron chi connectivity index (χ1n) is 6.16. The molecule has 1 aliphatic heterocycles. The second kappa shape index (κ2) is 2.74. The Kier molecular flexibility index (Phi) is 1.56. The third-order valence-corrected chi connectivity index (χ3v) is 4.95. The number of carbonyl (C=O) groups excluding carboxylic acids is 2. The minimum atomic E-state index is -0.360. The van der Waals surface area contributed by atoms with Crippen LogP contribution in [0.1, 0.15) is 13.3 Å². The molecule has 6 bridgehead atoms. The summed E-state index contributed by atoms with van der Waals surface area (Å²) in [6.45, 7) is 5.22. The van der Waals surface area contributed by atoms with Crippen LogP contribution in [0.2, 0.25) is 0 Å². The topological polar surface area (TPSA) is 52.6 Å². The predicted molar refractivity (Wildman–Crippen MR) is 56.6 cm³/mol. The van der Waals surface area contributed by atoms with Crippen LogP contribution in [0.4, 0.5) is 0 Å². The molecular weight excluding hydrogens is 220 g/mol. The molecule has 1 saturated heterocycles. The number of hydrogen-bond acceptors (Lipinski definition) is 4. The van der Waals surface area contributed by atoms with Crippen LogP contribution in [-0.4, -0.2) is 24.1 Å². The van der Waals surface area contributed by atoms with E-state index in [0.29, 0.717) is 29.2 Å². The van der Waals surface area contributed by atoms with Gasteiger partial charge in [0.25, 0.3) is 0 Å². The molecule has 0 spiro atoms. The van der Waals surface area contributed by atoms with E-state index in [2.05, 4.69) is 6.58 Å². The predicted octanol–water partition coefficient (Wildman–Crippen LogP) is 0.912. The van der Waals surface area contributed by atoms with E-state index in [1.165, 1.54) is 0 Å². The number of hydrogen-bond donors (Lipinski definition) is 0. The van der Waals surface area contributed by atoms with Gasteiger partial charge in [0.05, 0.1) is 5.92 Å². The lowest BCUT2D eigenvalue weighted by Crippen LogP contribution is -2.44. The first kappa shape index (κ1) is 9.68. The van der Waals surface area contributed by atoms with Gasteiger partial charge in [-0.25, -0.2) is 4.79 Å². The summed E-state index contributed by atoms with van der Waals surface area (Å²) in [5, 5.41) is 0. The molecule has 90 valence electrons. The largest absolute Gasteiger partial charge is 0.458 e. The van der Waals surface area contributed by atoms with E-state index < -0.39 is 0 Å². The normalized spacial score (nSPS) is 52.1. The zero-order chi connectivity index (χ0) is 11.9. The van der Waals surface area contributed by atoms with Gasteiger partial charge in [0.2, 0.25) is 0 Å². The van der Waals surface area contributed by atoms with Gasteiger partial charge in [-0.05, 0) is 25.2 Å². The van der Waals surface area contributed by atoms with Crippen molar-refractivity contribution in [2.24, 2.45) is 29.6 Å². The third kappa shape index (κ3) is 0.996. The molecule has 0 aromatic heterocycles. The highest BCUT2D eigenvalue weighted by Crippen LogP contribution is 2.72. The van der Waals surface area contributed by atoms with E-state index in [1.807, 2.05) is 0 Å². The van der Waals surface area contributed by atoms with Crippen LogP contribution in [0.3, 0.4) is 0 Å². The minimum Gasteiger partial charge on any atom is -0.458 e. The zero-order valence-electron chi connectivity index (χ0n) is 9.59. The van der Waals surface area contributed by atoms with Crippen LogP contribution >= 0.6 is 0 Å². The Morgan fingerprint density at radius 3 is 2.88 bits per heavy atom. The van der Waals surface area contributed by atoms with Crippen molar-refractivity contribution in [3.8, 4) is 0 Å². The second-order valence-electron chi connectivity index (χ2n) is 5.80. The molecule has 5 fully saturated rings. The molecule has 5 aliphatic rings. The van der Waals surface area contributed by atoms with Gasteiger partial charge in [0, 0.05) is 17.4 Å². The maximum atomic E-state index is 11.7. The standard InChI is InChI=1S/C13H14O4/c1-4(2)12(14)17-11-8-5-3-6-9(7(5)8)13(15)16-10(6)11/h5-11H,1,3H2,2H3. The van der Waals surface area contributed by atoms with Gasteiger partial charge in [0.15, 0.2) is 0 Å². The molecule has 5 rings (SSSR count). The fourth-order valence-corrected chi connectivity index (χ4v) is 4.33. The molecule has 0 N–H and O–H groups in total. The van der Waals surface area contributed by atoms with Crippen molar-refractivity contribution in [3.05, 3.63) is 12.2 Å². The summed E-state index contributed by atoms with van der Waals surface area (Å²) in [6.07, 6.45) is 0.684. The van der Waals surface area contributed by atoms with Gasteiger partial charge in [-0.1, -0.05) is 6.58 Å². The molecule has 4 nitrogen and oxygen atoms in total. The molecule has 7 atom stereocenters. The van der Waals surface area contributed by atoms with E-state index in [4.69, 9.17) is 9.47 Å². The van der Waals surface area contributed by atoms with E-state index in [1.54, 1.807) is 6.92 Å². The summed E-state index contributed by atoms with van der Waals surface area (Å²) < 4.78 is 10.9. The Labute approximate surface area is 99.0 Å². The van der Waals surface area contributed by atoms with Crippen molar-refractivity contribution in [1.82, 2.24) is 0 Å². The number of carbonyl (C=O) groups is 2. The van der Waals surface area contributed by atoms with Gasteiger partial charge in [-0.3, -0.25) is 4.79 Å². The molecule has 4 heteroatoms. The van der Waals surface area contributed by atoms with Crippen LogP contribution in [0.25, 0.3) is 0 Å². The van der Waals surface area contributed by atoms with Crippen molar-refractivity contribution in [2.75, 3.05) is 0 Å². The molecule has 17 heavy (non-hydrogen) atoms. The molecule has 0 aromatic rings. The van der Waals surface area contributed by atoms with Crippen LogP contribution in [0, 0.1) is 29.6 Å². The molecular formula is C13H14O4. The van der Waals surface area contributed by atoms with Crippen LogP contribution in [0.5, 0.6) is 0 Å².